The summed E-state index contributed by atoms with van der Waals surface area (Å²) in [7, 11) is 1.45. The van der Waals surface area contributed by atoms with Crippen molar-refractivity contribution in [2.75, 3.05) is 7.11 Å². The number of aromatic hydroxyl groups is 1. The number of phenols is 1. The van der Waals surface area contributed by atoms with Crippen molar-refractivity contribution in [1.82, 2.24) is 4.98 Å². The fourth-order valence-electron chi connectivity index (χ4n) is 1.84. The Morgan fingerprint density at radius 1 is 1.38 bits per heavy atom. The molecule has 7 heteroatoms. The standard InChI is InChI=1S/C17H18BrNO4S/c1-17(2,3)13(20)8-14-19-16(22)12(24-14)7-9-5-10(18)15(21)11(6-9)23-4/h5-8,21H,1-4H3,(H,19,22)/b12-7+,14-8+. The Bertz CT molecular complexity index is 950. The van der Waals surface area contributed by atoms with Crippen molar-refractivity contribution in [2.45, 2.75) is 20.8 Å². The van der Waals surface area contributed by atoms with Gasteiger partial charge in [0.2, 0.25) is 0 Å². The second-order valence-corrected chi connectivity index (χ2v) is 8.18. The highest BCUT2D eigenvalue weighted by molar-refractivity contribution is 9.10. The van der Waals surface area contributed by atoms with Crippen LogP contribution in [0.15, 0.2) is 21.4 Å². The number of hydrogen-bond acceptors (Lipinski definition) is 5. The first-order valence-electron chi connectivity index (χ1n) is 7.15. The van der Waals surface area contributed by atoms with Crippen molar-refractivity contribution >= 4 is 45.2 Å². The third kappa shape index (κ3) is 4.15. The van der Waals surface area contributed by atoms with Gasteiger partial charge in [0, 0.05) is 11.5 Å². The second-order valence-electron chi connectivity index (χ2n) is 6.24. The van der Waals surface area contributed by atoms with Crippen LogP contribution in [0.25, 0.3) is 12.2 Å². The molecule has 0 saturated carbocycles. The average Bonchev–Trinajstić information content (AvgIpc) is 2.81. The Hall–Kier alpha value is -1.86. The van der Waals surface area contributed by atoms with E-state index in [9.17, 15) is 14.7 Å². The molecule has 128 valence electrons. The van der Waals surface area contributed by atoms with Crippen LogP contribution in [0.1, 0.15) is 26.3 Å². The van der Waals surface area contributed by atoms with Gasteiger partial charge in [-0.15, -0.1) is 11.3 Å². The monoisotopic (exact) mass is 411 g/mol. The molecule has 0 atom stereocenters. The van der Waals surface area contributed by atoms with Gasteiger partial charge in [0.1, 0.15) is 0 Å². The molecule has 1 heterocycles. The molecule has 24 heavy (non-hydrogen) atoms. The normalized spacial score (nSPS) is 13.4. The predicted octanol–water partition coefficient (Wildman–Crippen LogP) is 2.14. The number of benzene rings is 1. The highest BCUT2D eigenvalue weighted by Gasteiger charge is 2.18. The molecule has 2 aromatic rings. The Morgan fingerprint density at radius 3 is 2.62 bits per heavy atom. The summed E-state index contributed by atoms with van der Waals surface area (Å²) in [4.78, 5) is 26.8. The van der Waals surface area contributed by atoms with Crippen LogP contribution in [-0.4, -0.2) is 23.0 Å². The van der Waals surface area contributed by atoms with Gasteiger partial charge in [-0.05, 0) is 39.7 Å². The zero-order chi connectivity index (χ0) is 18.1. The van der Waals surface area contributed by atoms with Crippen molar-refractivity contribution in [3.05, 3.63) is 41.7 Å². The molecule has 1 aromatic heterocycles. The lowest BCUT2D eigenvalue weighted by molar-refractivity contribution is -0.119. The number of thiazole rings is 1. The van der Waals surface area contributed by atoms with Gasteiger partial charge in [0.05, 0.1) is 20.8 Å². The van der Waals surface area contributed by atoms with E-state index in [1.807, 2.05) is 20.8 Å². The quantitative estimate of drug-likeness (QED) is 0.810. The average molecular weight is 412 g/mol. The number of methoxy groups -OCH3 is 1. The zero-order valence-electron chi connectivity index (χ0n) is 13.8. The molecule has 0 aliphatic rings. The third-order valence-electron chi connectivity index (χ3n) is 3.25. The Labute approximate surface area is 151 Å². The van der Waals surface area contributed by atoms with Gasteiger partial charge in [-0.3, -0.25) is 9.59 Å². The molecule has 0 amide bonds. The number of carbonyl (C=O) groups excluding carboxylic acids is 1. The van der Waals surface area contributed by atoms with Gasteiger partial charge in [0.15, 0.2) is 17.3 Å². The van der Waals surface area contributed by atoms with E-state index in [2.05, 4.69) is 20.9 Å². The van der Waals surface area contributed by atoms with E-state index in [1.165, 1.54) is 24.5 Å². The number of H-pyrrole nitrogens is 1. The molecular formula is C17H18BrNO4S. The van der Waals surface area contributed by atoms with Crippen LogP contribution in [-0.2, 0) is 4.79 Å². The van der Waals surface area contributed by atoms with E-state index in [0.717, 1.165) is 0 Å². The summed E-state index contributed by atoms with van der Waals surface area (Å²) in [5.41, 5.74) is -0.0753. The number of aromatic nitrogens is 1. The van der Waals surface area contributed by atoms with Crippen molar-refractivity contribution < 1.29 is 14.6 Å². The van der Waals surface area contributed by atoms with E-state index in [4.69, 9.17) is 4.74 Å². The van der Waals surface area contributed by atoms with E-state index in [1.54, 1.807) is 18.2 Å². The maximum absolute atomic E-state index is 12.1. The molecule has 2 N–H and O–H groups in total. The van der Waals surface area contributed by atoms with Crippen LogP contribution >= 0.6 is 27.3 Å². The number of halogens is 1. The molecule has 1 aromatic carbocycles. The number of rotatable bonds is 3. The largest absolute Gasteiger partial charge is 0.503 e. The molecule has 0 spiro atoms. The van der Waals surface area contributed by atoms with Crippen molar-refractivity contribution in [3.8, 4) is 11.5 Å². The van der Waals surface area contributed by atoms with Gasteiger partial charge in [-0.2, -0.15) is 0 Å². The van der Waals surface area contributed by atoms with Crippen LogP contribution in [0.5, 0.6) is 11.5 Å². The molecule has 0 aliphatic carbocycles. The number of carbonyl (C=O) groups is 1. The maximum atomic E-state index is 12.1. The van der Waals surface area contributed by atoms with Crippen LogP contribution in [0.3, 0.4) is 0 Å². The van der Waals surface area contributed by atoms with Gasteiger partial charge in [-0.25, -0.2) is 0 Å². The Kier molecular flexibility index (Phi) is 5.35. The van der Waals surface area contributed by atoms with Crippen molar-refractivity contribution in [1.29, 1.82) is 0 Å². The molecule has 2 rings (SSSR count). The first kappa shape index (κ1) is 18.5. The van der Waals surface area contributed by atoms with Gasteiger partial charge in [0.25, 0.3) is 5.56 Å². The third-order valence-corrected chi connectivity index (χ3v) is 4.82. The van der Waals surface area contributed by atoms with E-state index in [-0.39, 0.29) is 17.1 Å². The van der Waals surface area contributed by atoms with Gasteiger partial charge >= 0.3 is 0 Å². The highest BCUT2D eigenvalue weighted by Crippen LogP contribution is 2.35. The van der Waals surface area contributed by atoms with Gasteiger partial charge < -0.3 is 14.8 Å². The number of aromatic amines is 1. The summed E-state index contributed by atoms with van der Waals surface area (Å²) in [5, 5.41) is 9.83. The smallest absolute Gasteiger partial charge is 0.266 e. The molecule has 0 unspecified atom stereocenters. The summed E-state index contributed by atoms with van der Waals surface area (Å²) in [6, 6.07) is 3.31. The van der Waals surface area contributed by atoms with Crippen LogP contribution < -0.4 is 19.5 Å². The molecular weight excluding hydrogens is 394 g/mol. The van der Waals surface area contributed by atoms with Crippen LogP contribution in [0.4, 0.5) is 0 Å². The fourth-order valence-corrected chi connectivity index (χ4v) is 3.19. The van der Waals surface area contributed by atoms with E-state index in [0.29, 0.717) is 25.0 Å². The van der Waals surface area contributed by atoms with Crippen molar-refractivity contribution in [2.24, 2.45) is 5.41 Å². The lowest BCUT2D eigenvalue weighted by atomic mass is 9.91. The molecule has 0 aliphatic heterocycles. The van der Waals surface area contributed by atoms with Gasteiger partial charge in [-0.1, -0.05) is 20.8 Å². The molecule has 5 nitrogen and oxygen atoms in total. The second kappa shape index (κ2) is 6.94. The molecule has 0 saturated heterocycles. The Balaban J connectivity index is 2.54. The fraction of sp³-hybridized carbons (Fsp3) is 0.294. The first-order valence-corrected chi connectivity index (χ1v) is 8.76. The molecule has 0 bridgehead atoms. The van der Waals surface area contributed by atoms with Crippen LogP contribution in [0, 0.1) is 5.41 Å². The number of nitrogens with one attached hydrogen (secondary N) is 1. The predicted molar refractivity (Wildman–Crippen MR) is 99.0 cm³/mol. The minimum Gasteiger partial charge on any atom is -0.503 e. The lowest BCUT2D eigenvalue weighted by Crippen LogP contribution is -2.22. The molecule has 0 radical (unpaired) electrons. The maximum Gasteiger partial charge on any atom is 0.266 e. The van der Waals surface area contributed by atoms with Crippen molar-refractivity contribution in [3.63, 3.8) is 0 Å². The number of ketones is 1. The minimum atomic E-state index is -0.500. The van der Waals surface area contributed by atoms with E-state index >= 15 is 0 Å². The highest BCUT2D eigenvalue weighted by atomic mass is 79.9. The minimum absolute atomic E-state index is 0.000430. The number of hydrogen-bond donors (Lipinski definition) is 2. The SMILES string of the molecule is COc1cc(/C=c2/s/c(=C/C(=O)C(C)(C)C)[nH]c2=O)cc(Br)c1O. The Morgan fingerprint density at radius 2 is 2.04 bits per heavy atom. The zero-order valence-corrected chi connectivity index (χ0v) is 16.2. The topological polar surface area (TPSA) is 79.4 Å². The number of Topliss-reactive ketones (excluding diaryl/α,β-unsaturated/α-hetero) is 1. The summed E-state index contributed by atoms with van der Waals surface area (Å²) < 4.78 is 6.54. The van der Waals surface area contributed by atoms with Crippen LogP contribution in [0.2, 0.25) is 0 Å². The number of phenolic OH excluding ortho intramolecular Hbond substituents is 1. The number of ether oxygens (including phenoxy) is 1. The van der Waals surface area contributed by atoms with E-state index < -0.39 is 5.41 Å². The summed E-state index contributed by atoms with van der Waals surface area (Å²) in [6.07, 6.45) is 3.13. The summed E-state index contributed by atoms with van der Waals surface area (Å²) in [6.45, 7) is 5.47. The summed E-state index contributed by atoms with van der Waals surface area (Å²) in [5.74, 6) is 0.249. The molecule has 0 fully saturated rings. The first-order chi connectivity index (χ1) is 11.1. The lowest BCUT2D eigenvalue weighted by Gasteiger charge is -2.12. The summed E-state index contributed by atoms with van der Waals surface area (Å²) >= 11 is 4.45.